The SMILES string of the molecule is Cc1cccc(CC(O)C2(C)CCCCO2)c1. The molecule has 1 N–H and O–H groups in total. The molecule has 1 fully saturated rings. The Bertz CT molecular complexity index is 367. The molecule has 0 aliphatic carbocycles. The summed E-state index contributed by atoms with van der Waals surface area (Å²) in [6, 6.07) is 8.33. The van der Waals surface area contributed by atoms with Gasteiger partial charge in [-0.15, -0.1) is 0 Å². The summed E-state index contributed by atoms with van der Waals surface area (Å²) in [5, 5.41) is 10.4. The number of ether oxygens (including phenoxy) is 1. The lowest BCUT2D eigenvalue weighted by atomic mass is 9.86. The predicted octanol–water partition coefficient (Wildman–Crippen LogP) is 2.86. The molecule has 0 amide bonds. The van der Waals surface area contributed by atoms with Crippen LogP contribution in [0.1, 0.15) is 37.3 Å². The summed E-state index contributed by atoms with van der Waals surface area (Å²) in [5.41, 5.74) is 2.07. The van der Waals surface area contributed by atoms with E-state index in [1.807, 2.05) is 13.0 Å². The zero-order valence-corrected chi connectivity index (χ0v) is 10.8. The van der Waals surface area contributed by atoms with Crippen LogP contribution in [0.4, 0.5) is 0 Å². The lowest BCUT2D eigenvalue weighted by Crippen LogP contribution is -2.45. The summed E-state index contributed by atoms with van der Waals surface area (Å²) in [5.74, 6) is 0. The molecule has 0 aromatic heterocycles. The third-order valence-corrected chi connectivity index (χ3v) is 3.72. The second-order valence-corrected chi connectivity index (χ2v) is 5.33. The first kappa shape index (κ1) is 12.6. The topological polar surface area (TPSA) is 29.5 Å². The first-order chi connectivity index (χ1) is 8.10. The first-order valence-corrected chi connectivity index (χ1v) is 6.48. The van der Waals surface area contributed by atoms with Gasteiger partial charge in [-0.2, -0.15) is 0 Å². The highest BCUT2D eigenvalue weighted by Gasteiger charge is 2.35. The van der Waals surface area contributed by atoms with E-state index in [-0.39, 0.29) is 5.60 Å². The van der Waals surface area contributed by atoms with Gasteiger partial charge in [0.15, 0.2) is 0 Å². The summed E-state index contributed by atoms with van der Waals surface area (Å²) in [4.78, 5) is 0. The minimum absolute atomic E-state index is 0.359. The van der Waals surface area contributed by atoms with Crippen LogP contribution in [0.25, 0.3) is 0 Å². The minimum Gasteiger partial charge on any atom is -0.390 e. The van der Waals surface area contributed by atoms with Crippen LogP contribution in [0.2, 0.25) is 0 Å². The zero-order chi connectivity index (χ0) is 12.3. The molecule has 1 aliphatic heterocycles. The number of aryl methyl sites for hydroxylation is 1. The summed E-state index contributed by atoms with van der Waals surface area (Å²) in [7, 11) is 0. The van der Waals surface area contributed by atoms with Gasteiger partial charge in [0.1, 0.15) is 0 Å². The molecule has 0 radical (unpaired) electrons. The molecule has 2 nitrogen and oxygen atoms in total. The first-order valence-electron chi connectivity index (χ1n) is 6.48. The fourth-order valence-corrected chi connectivity index (χ4v) is 2.50. The van der Waals surface area contributed by atoms with Crippen molar-refractivity contribution in [2.75, 3.05) is 6.61 Å². The number of benzene rings is 1. The van der Waals surface area contributed by atoms with E-state index in [0.29, 0.717) is 6.42 Å². The van der Waals surface area contributed by atoms with E-state index in [2.05, 4.69) is 25.1 Å². The highest BCUT2D eigenvalue weighted by atomic mass is 16.5. The molecule has 1 aromatic carbocycles. The molecule has 2 atom stereocenters. The fraction of sp³-hybridized carbons (Fsp3) is 0.600. The third kappa shape index (κ3) is 3.08. The van der Waals surface area contributed by atoms with Gasteiger partial charge in [0, 0.05) is 13.0 Å². The molecule has 0 spiro atoms. The van der Waals surface area contributed by atoms with E-state index in [1.54, 1.807) is 0 Å². The summed E-state index contributed by atoms with van der Waals surface area (Å²) < 4.78 is 5.78. The molecule has 1 aromatic rings. The van der Waals surface area contributed by atoms with E-state index >= 15 is 0 Å². The molecule has 1 heterocycles. The monoisotopic (exact) mass is 234 g/mol. The van der Waals surface area contributed by atoms with Crippen LogP contribution in [0.5, 0.6) is 0 Å². The number of aliphatic hydroxyl groups is 1. The Morgan fingerprint density at radius 1 is 1.41 bits per heavy atom. The Hall–Kier alpha value is -0.860. The molecule has 1 aliphatic rings. The minimum atomic E-state index is -0.412. The standard InChI is InChI=1S/C15H22O2/c1-12-6-5-7-13(10-12)11-14(16)15(2)8-3-4-9-17-15/h5-7,10,14,16H,3-4,8-9,11H2,1-2H3. The van der Waals surface area contributed by atoms with Gasteiger partial charge in [0.2, 0.25) is 0 Å². The zero-order valence-electron chi connectivity index (χ0n) is 10.8. The average Bonchev–Trinajstić information content (AvgIpc) is 2.30. The Morgan fingerprint density at radius 2 is 2.24 bits per heavy atom. The van der Waals surface area contributed by atoms with Crippen molar-refractivity contribution in [1.82, 2.24) is 0 Å². The molecule has 2 rings (SSSR count). The predicted molar refractivity (Wildman–Crippen MR) is 69.1 cm³/mol. The van der Waals surface area contributed by atoms with E-state index in [4.69, 9.17) is 4.74 Å². The van der Waals surface area contributed by atoms with Gasteiger partial charge in [-0.3, -0.25) is 0 Å². The Balaban J connectivity index is 2.02. The lowest BCUT2D eigenvalue weighted by molar-refractivity contribution is -0.135. The van der Waals surface area contributed by atoms with E-state index < -0.39 is 6.10 Å². The van der Waals surface area contributed by atoms with E-state index in [1.165, 1.54) is 11.1 Å². The second kappa shape index (κ2) is 5.19. The maximum Gasteiger partial charge on any atom is 0.0915 e. The van der Waals surface area contributed by atoms with E-state index in [9.17, 15) is 5.11 Å². The van der Waals surface area contributed by atoms with Crippen LogP contribution in [-0.4, -0.2) is 23.4 Å². The lowest BCUT2D eigenvalue weighted by Gasteiger charge is -2.38. The summed E-state index contributed by atoms with van der Waals surface area (Å²) >= 11 is 0. The molecule has 1 saturated heterocycles. The van der Waals surface area contributed by atoms with Crippen LogP contribution < -0.4 is 0 Å². The third-order valence-electron chi connectivity index (χ3n) is 3.72. The summed E-state index contributed by atoms with van der Waals surface area (Å²) in [6.07, 6.45) is 3.50. The van der Waals surface area contributed by atoms with Gasteiger partial charge in [-0.1, -0.05) is 29.8 Å². The van der Waals surface area contributed by atoms with E-state index in [0.717, 1.165) is 25.9 Å². The molecule has 0 bridgehead atoms. The number of hydrogen-bond donors (Lipinski definition) is 1. The molecular formula is C15H22O2. The van der Waals surface area contributed by atoms with Gasteiger partial charge >= 0.3 is 0 Å². The van der Waals surface area contributed by atoms with Gasteiger partial charge in [0.05, 0.1) is 11.7 Å². The normalized spacial score (nSPS) is 26.8. The molecule has 2 heteroatoms. The molecule has 17 heavy (non-hydrogen) atoms. The molecule has 0 saturated carbocycles. The molecular weight excluding hydrogens is 212 g/mol. The number of rotatable bonds is 3. The van der Waals surface area contributed by atoms with Crippen LogP contribution >= 0.6 is 0 Å². The molecule has 2 unspecified atom stereocenters. The maximum atomic E-state index is 10.4. The number of hydrogen-bond acceptors (Lipinski definition) is 2. The van der Waals surface area contributed by atoms with Crippen LogP contribution in [0.15, 0.2) is 24.3 Å². The van der Waals surface area contributed by atoms with Crippen LogP contribution in [-0.2, 0) is 11.2 Å². The quantitative estimate of drug-likeness (QED) is 0.871. The largest absolute Gasteiger partial charge is 0.390 e. The van der Waals surface area contributed by atoms with Crippen molar-refractivity contribution in [3.8, 4) is 0 Å². The molecule has 94 valence electrons. The number of aliphatic hydroxyl groups excluding tert-OH is 1. The highest BCUT2D eigenvalue weighted by molar-refractivity contribution is 5.23. The average molecular weight is 234 g/mol. The smallest absolute Gasteiger partial charge is 0.0915 e. The Labute approximate surface area is 104 Å². The van der Waals surface area contributed by atoms with Crippen molar-refractivity contribution in [2.24, 2.45) is 0 Å². The van der Waals surface area contributed by atoms with Gasteiger partial charge in [-0.25, -0.2) is 0 Å². The van der Waals surface area contributed by atoms with Gasteiger partial charge in [-0.05, 0) is 38.7 Å². The Kier molecular flexibility index (Phi) is 3.85. The highest BCUT2D eigenvalue weighted by Crippen LogP contribution is 2.29. The van der Waals surface area contributed by atoms with Crippen molar-refractivity contribution in [3.63, 3.8) is 0 Å². The Morgan fingerprint density at radius 3 is 2.88 bits per heavy atom. The fourth-order valence-electron chi connectivity index (χ4n) is 2.50. The van der Waals surface area contributed by atoms with Crippen LogP contribution in [0, 0.1) is 6.92 Å². The second-order valence-electron chi connectivity index (χ2n) is 5.33. The van der Waals surface area contributed by atoms with Crippen molar-refractivity contribution < 1.29 is 9.84 Å². The van der Waals surface area contributed by atoms with Crippen molar-refractivity contribution in [2.45, 2.75) is 51.2 Å². The van der Waals surface area contributed by atoms with Crippen molar-refractivity contribution in [1.29, 1.82) is 0 Å². The maximum absolute atomic E-state index is 10.4. The van der Waals surface area contributed by atoms with Gasteiger partial charge < -0.3 is 9.84 Å². The summed E-state index contributed by atoms with van der Waals surface area (Å²) in [6.45, 7) is 4.89. The van der Waals surface area contributed by atoms with Crippen molar-refractivity contribution >= 4 is 0 Å². The van der Waals surface area contributed by atoms with Gasteiger partial charge in [0.25, 0.3) is 0 Å². The van der Waals surface area contributed by atoms with Crippen molar-refractivity contribution in [3.05, 3.63) is 35.4 Å². The van der Waals surface area contributed by atoms with Crippen LogP contribution in [0.3, 0.4) is 0 Å².